The molecular formula is C24H33NO3. The molecule has 2 aromatic carbocycles. The summed E-state index contributed by atoms with van der Waals surface area (Å²) in [6.45, 7) is 1.94. The highest BCUT2D eigenvalue weighted by Crippen LogP contribution is 2.24. The van der Waals surface area contributed by atoms with Gasteiger partial charge in [0.2, 0.25) is 0 Å². The molecule has 2 rings (SSSR count). The summed E-state index contributed by atoms with van der Waals surface area (Å²) in [4.78, 5) is 2.23. The van der Waals surface area contributed by atoms with Crippen LogP contribution in [-0.4, -0.2) is 46.4 Å². The van der Waals surface area contributed by atoms with Crippen molar-refractivity contribution in [2.45, 2.75) is 25.7 Å². The maximum atomic E-state index is 5.84. The van der Waals surface area contributed by atoms with Gasteiger partial charge in [-0.15, -0.1) is 0 Å². The van der Waals surface area contributed by atoms with E-state index in [1.807, 2.05) is 30.3 Å². The highest BCUT2D eigenvalue weighted by molar-refractivity contribution is 5.71. The Morgan fingerprint density at radius 2 is 1.32 bits per heavy atom. The predicted octanol–water partition coefficient (Wildman–Crippen LogP) is 5.38. The molecule has 0 bridgehead atoms. The summed E-state index contributed by atoms with van der Waals surface area (Å²) in [5, 5.41) is 0. The van der Waals surface area contributed by atoms with Gasteiger partial charge >= 0.3 is 0 Å². The van der Waals surface area contributed by atoms with Crippen molar-refractivity contribution in [3.63, 3.8) is 0 Å². The first-order valence-electron chi connectivity index (χ1n) is 9.89. The molecule has 4 heteroatoms. The molecule has 0 N–H and O–H groups in total. The third kappa shape index (κ3) is 8.05. The van der Waals surface area contributed by atoms with Gasteiger partial charge in [0.1, 0.15) is 17.2 Å². The van der Waals surface area contributed by atoms with Crippen LogP contribution in [0.4, 0.5) is 0 Å². The zero-order valence-electron chi connectivity index (χ0n) is 17.6. The molecule has 0 saturated heterocycles. The number of rotatable bonds is 12. The summed E-state index contributed by atoms with van der Waals surface area (Å²) in [7, 11) is 7.56. The molecule has 2 aromatic rings. The number of nitrogens with zero attached hydrogens (tertiary/aromatic N) is 1. The van der Waals surface area contributed by atoms with E-state index in [2.05, 4.69) is 43.3 Å². The molecule has 0 aliphatic heterocycles. The smallest absolute Gasteiger partial charge is 0.123 e. The van der Waals surface area contributed by atoms with Crippen molar-refractivity contribution >= 4 is 12.2 Å². The lowest BCUT2D eigenvalue weighted by Crippen LogP contribution is -2.12. The first-order chi connectivity index (χ1) is 13.6. The lowest BCUT2D eigenvalue weighted by molar-refractivity contribution is 0.302. The van der Waals surface area contributed by atoms with Crippen LogP contribution in [0.5, 0.6) is 17.2 Å². The van der Waals surface area contributed by atoms with Crippen LogP contribution in [0.15, 0.2) is 42.5 Å². The van der Waals surface area contributed by atoms with Crippen LogP contribution in [-0.2, 0) is 0 Å². The fraction of sp³-hybridized carbons (Fsp3) is 0.417. The van der Waals surface area contributed by atoms with Gasteiger partial charge < -0.3 is 19.1 Å². The summed E-state index contributed by atoms with van der Waals surface area (Å²) in [5.74, 6) is 2.49. The van der Waals surface area contributed by atoms with Crippen molar-refractivity contribution < 1.29 is 14.2 Å². The molecular weight excluding hydrogens is 350 g/mol. The lowest BCUT2D eigenvalue weighted by Gasteiger charge is -2.09. The van der Waals surface area contributed by atoms with E-state index in [1.54, 1.807) is 14.2 Å². The molecule has 152 valence electrons. The van der Waals surface area contributed by atoms with Crippen molar-refractivity contribution in [3.8, 4) is 17.2 Å². The van der Waals surface area contributed by atoms with Crippen LogP contribution in [0.2, 0.25) is 0 Å². The first kappa shape index (κ1) is 21.8. The zero-order valence-corrected chi connectivity index (χ0v) is 17.6. The molecule has 0 amide bonds. The molecule has 0 fully saturated rings. The molecule has 28 heavy (non-hydrogen) atoms. The van der Waals surface area contributed by atoms with Gasteiger partial charge in [-0.3, -0.25) is 0 Å². The number of unbranched alkanes of at least 4 members (excludes halogenated alkanes) is 3. The standard InChI is InChI=1S/C24H33NO3/c1-25(2)15-7-5-6-8-16-28-22-13-11-20(12-14-22)9-10-21-17-23(26-3)19-24(18-21)27-4/h9-14,17-19H,5-8,15-16H2,1-4H3/b10-9+. The van der Waals surface area contributed by atoms with Gasteiger partial charge in [0.05, 0.1) is 20.8 Å². The van der Waals surface area contributed by atoms with E-state index < -0.39 is 0 Å². The van der Waals surface area contributed by atoms with Gasteiger partial charge in [-0.2, -0.15) is 0 Å². The Morgan fingerprint density at radius 3 is 1.93 bits per heavy atom. The topological polar surface area (TPSA) is 30.9 Å². The molecule has 0 aromatic heterocycles. The maximum absolute atomic E-state index is 5.84. The fourth-order valence-corrected chi connectivity index (χ4v) is 2.87. The molecule has 0 atom stereocenters. The molecule has 0 unspecified atom stereocenters. The van der Waals surface area contributed by atoms with Crippen LogP contribution in [0.25, 0.3) is 12.2 Å². The average molecular weight is 384 g/mol. The fourth-order valence-electron chi connectivity index (χ4n) is 2.87. The van der Waals surface area contributed by atoms with E-state index in [0.29, 0.717) is 0 Å². The summed E-state index contributed by atoms with van der Waals surface area (Å²) in [6.07, 6.45) is 8.97. The minimum atomic E-state index is 0.779. The van der Waals surface area contributed by atoms with Gasteiger partial charge in [-0.05, 0) is 68.9 Å². The average Bonchev–Trinajstić information content (AvgIpc) is 2.71. The third-order valence-corrected chi connectivity index (χ3v) is 4.49. The van der Waals surface area contributed by atoms with E-state index in [0.717, 1.165) is 41.4 Å². The Kier molecular flexibility index (Phi) is 9.43. The van der Waals surface area contributed by atoms with E-state index in [1.165, 1.54) is 25.8 Å². The Balaban J connectivity index is 1.78. The van der Waals surface area contributed by atoms with E-state index in [9.17, 15) is 0 Å². The van der Waals surface area contributed by atoms with Crippen molar-refractivity contribution in [2.24, 2.45) is 0 Å². The first-order valence-corrected chi connectivity index (χ1v) is 9.89. The van der Waals surface area contributed by atoms with Gasteiger partial charge in [-0.25, -0.2) is 0 Å². The van der Waals surface area contributed by atoms with Crippen molar-refractivity contribution in [2.75, 3.05) is 41.5 Å². The number of hydrogen-bond donors (Lipinski definition) is 0. The van der Waals surface area contributed by atoms with Crippen LogP contribution in [0.3, 0.4) is 0 Å². The molecule has 0 spiro atoms. The SMILES string of the molecule is COc1cc(/C=C/c2ccc(OCCCCCCN(C)C)cc2)cc(OC)c1. The van der Waals surface area contributed by atoms with E-state index in [-0.39, 0.29) is 0 Å². The molecule has 0 aliphatic rings. The second-order valence-corrected chi connectivity index (χ2v) is 7.11. The molecule has 0 radical (unpaired) electrons. The molecule has 4 nitrogen and oxygen atoms in total. The summed E-state index contributed by atoms with van der Waals surface area (Å²) < 4.78 is 16.5. The van der Waals surface area contributed by atoms with E-state index >= 15 is 0 Å². The summed E-state index contributed by atoms with van der Waals surface area (Å²) >= 11 is 0. The minimum absolute atomic E-state index is 0.779. The van der Waals surface area contributed by atoms with Gasteiger partial charge in [0, 0.05) is 6.07 Å². The number of benzene rings is 2. The Morgan fingerprint density at radius 1 is 0.714 bits per heavy atom. The largest absolute Gasteiger partial charge is 0.497 e. The number of ether oxygens (including phenoxy) is 3. The highest BCUT2D eigenvalue weighted by atomic mass is 16.5. The van der Waals surface area contributed by atoms with Gasteiger partial charge in [0.15, 0.2) is 0 Å². The number of methoxy groups -OCH3 is 2. The predicted molar refractivity (Wildman–Crippen MR) is 117 cm³/mol. The minimum Gasteiger partial charge on any atom is -0.497 e. The monoisotopic (exact) mass is 383 g/mol. The Hall–Kier alpha value is -2.46. The quantitative estimate of drug-likeness (QED) is 0.364. The number of hydrogen-bond acceptors (Lipinski definition) is 4. The summed E-state index contributed by atoms with van der Waals surface area (Å²) in [6, 6.07) is 14.0. The second kappa shape index (κ2) is 12.1. The van der Waals surface area contributed by atoms with Crippen LogP contribution >= 0.6 is 0 Å². The second-order valence-electron chi connectivity index (χ2n) is 7.11. The molecule has 0 aliphatic carbocycles. The van der Waals surface area contributed by atoms with Crippen LogP contribution in [0, 0.1) is 0 Å². The highest BCUT2D eigenvalue weighted by Gasteiger charge is 2.00. The normalized spacial score (nSPS) is 11.2. The Labute approximate surface area is 169 Å². The molecule has 0 saturated carbocycles. The van der Waals surface area contributed by atoms with Crippen molar-refractivity contribution in [3.05, 3.63) is 53.6 Å². The Bertz CT molecular complexity index is 701. The van der Waals surface area contributed by atoms with Gasteiger partial charge in [-0.1, -0.05) is 37.1 Å². The van der Waals surface area contributed by atoms with Crippen LogP contribution in [0.1, 0.15) is 36.8 Å². The molecule has 0 heterocycles. The maximum Gasteiger partial charge on any atom is 0.123 e. The third-order valence-electron chi connectivity index (χ3n) is 4.49. The summed E-state index contributed by atoms with van der Waals surface area (Å²) in [5.41, 5.74) is 2.16. The van der Waals surface area contributed by atoms with E-state index in [4.69, 9.17) is 14.2 Å². The van der Waals surface area contributed by atoms with Gasteiger partial charge in [0.25, 0.3) is 0 Å². The van der Waals surface area contributed by atoms with Crippen molar-refractivity contribution in [1.82, 2.24) is 4.90 Å². The van der Waals surface area contributed by atoms with Crippen LogP contribution < -0.4 is 14.2 Å². The lowest BCUT2D eigenvalue weighted by atomic mass is 10.1. The van der Waals surface area contributed by atoms with Crippen molar-refractivity contribution in [1.29, 1.82) is 0 Å². The zero-order chi connectivity index (χ0) is 20.2.